The zero-order valence-corrected chi connectivity index (χ0v) is 8.84. The van der Waals surface area contributed by atoms with E-state index in [1.807, 2.05) is 0 Å². The van der Waals surface area contributed by atoms with Crippen LogP contribution in [0.4, 0.5) is 0 Å². The highest BCUT2D eigenvalue weighted by atomic mass is 16.3. The first kappa shape index (κ1) is 11.0. The maximum absolute atomic E-state index is 9.77. The molecule has 0 aromatic rings. The standard InChI is InChI=1S/C11H23NO/c1-2-3-4-5-8-11(13)12-9-6-7-10-12/h11,13H,2-10H2,1H3. The molecule has 1 heterocycles. The molecule has 1 N–H and O–H groups in total. The molecule has 1 aliphatic heterocycles. The zero-order chi connectivity index (χ0) is 9.52. The van der Waals surface area contributed by atoms with Crippen LogP contribution in [-0.2, 0) is 0 Å². The Morgan fingerprint density at radius 1 is 1.15 bits per heavy atom. The van der Waals surface area contributed by atoms with Crippen molar-refractivity contribution in [3.8, 4) is 0 Å². The second-order valence-corrected chi connectivity index (χ2v) is 4.07. The second kappa shape index (κ2) is 6.39. The highest BCUT2D eigenvalue weighted by Gasteiger charge is 2.18. The van der Waals surface area contributed by atoms with Crippen molar-refractivity contribution in [2.24, 2.45) is 0 Å². The molecule has 1 unspecified atom stereocenters. The predicted molar refractivity (Wildman–Crippen MR) is 55.6 cm³/mol. The third-order valence-corrected chi connectivity index (χ3v) is 2.88. The number of likely N-dealkylation sites (tertiary alicyclic amines) is 1. The predicted octanol–water partition coefficient (Wildman–Crippen LogP) is 2.37. The fourth-order valence-electron chi connectivity index (χ4n) is 1.98. The van der Waals surface area contributed by atoms with Crippen molar-refractivity contribution >= 4 is 0 Å². The fourth-order valence-corrected chi connectivity index (χ4v) is 1.98. The van der Waals surface area contributed by atoms with Crippen molar-refractivity contribution in [2.75, 3.05) is 13.1 Å². The summed E-state index contributed by atoms with van der Waals surface area (Å²) in [6, 6.07) is 0. The van der Waals surface area contributed by atoms with Crippen LogP contribution in [0.25, 0.3) is 0 Å². The van der Waals surface area contributed by atoms with Crippen LogP contribution in [0.3, 0.4) is 0 Å². The molecule has 1 fully saturated rings. The first-order chi connectivity index (χ1) is 6.34. The smallest absolute Gasteiger partial charge is 0.107 e. The van der Waals surface area contributed by atoms with Gasteiger partial charge in [-0.15, -0.1) is 0 Å². The minimum Gasteiger partial charge on any atom is -0.378 e. The lowest BCUT2D eigenvalue weighted by molar-refractivity contribution is 0.0121. The molecule has 1 atom stereocenters. The Morgan fingerprint density at radius 2 is 1.85 bits per heavy atom. The van der Waals surface area contributed by atoms with Gasteiger partial charge in [-0.1, -0.05) is 26.2 Å². The topological polar surface area (TPSA) is 23.5 Å². The van der Waals surface area contributed by atoms with Crippen LogP contribution < -0.4 is 0 Å². The summed E-state index contributed by atoms with van der Waals surface area (Å²) >= 11 is 0. The molecule has 1 rings (SSSR count). The number of unbranched alkanes of at least 4 members (excludes halogenated alkanes) is 3. The molecule has 0 spiro atoms. The molecule has 1 aliphatic rings. The minimum absolute atomic E-state index is 0.153. The van der Waals surface area contributed by atoms with Gasteiger partial charge < -0.3 is 5.11 Å². The number of rotatable bonds is 6. The summed E-state index contributed by atoms with van der Waals surface area (Å²) in [6.45, 7) is 4.43. The first-order valence-corrected chi connectivity index (χ1v) is 5.76. The Bertz CT molecular complexity index is 121. The van der Waals surface area contributed by atoms with Gasteiger partial charge in [-0.2, -0.15) is 0 Å². The van der Waals surface area contributed by atoms with Gasteiger partial charge in [0.15, 0.2) is 0 Å². The molecule has 2 heteroatoms. The van der Waals surface area contributed by atoms with Crippen LogP contribution in [0.2, 0.25) is 0 Å². The van der Waals surface area contributed by atoms with E-state index in [-0.39, 0.29) is 6.23 Å². The Balaban J connectivity index is 1.99. The Hall–Kier alpha value is -0.0800. The Kier molecular flexibility index (Phi) is 5.40. The summed E-state index contributed by atoms with van der Waals surface area (Å²) in [6.07, 6.45) is 8.41. The number of hydrogen-bond donors (Lipinski definition) is 1. The third-order valence-electron chi connectivity index (χ3n) is 2.88. The summed E-state index contributed by atoms with van der Waals surface area (Å²) in [4.78, 5) is 2.21. The monoisotopic (exact) mass is 185 g/mol. The molecule has 0 aromatic carbocycles. The zero-order valence-electron chi connectivity index (χ0n) is 8.84. The summed E-state index contributed by atoms with van der Waals surface area (Å²) < 4.78 is 0. The summed E-state index contributed by atoms with van der Waals surface area (Å²) in [5.41, 5.74) is 0. The molecule has 78 valence electrons. The van der Waals surface area contributed by atoms with Gasteiger partial charge in [-0.25, -0.2) is 0 Å². The molecule has 1 saturated heterocycles. The fraction of sp³-hybridized carbons (Fsp3) is 1.00. The van der Waals surface area contributed by atoms with Gasteiger partial charge in [0.2, 0.25) is 0 Å². The van der Waals surface area contributed by atoms with E-state index in [1.165, 1.54) is 38.5 Å². The van der Waals surface area contributed by atoms with Crippen molar-refractivity contribution in [1.29, 1.82) is 0 Å². The van der Waals surface area contributed by atoms with Gasteiger partial charge in [0.05, 0.1) is 0 Å². The third kappa shape index (κ3) is 4.10. The van der Waals surface area contributed by atoms with Gasteiger partial charge >= 0.3 is 0 Å². The van der Waals surface area contributed by atoms with E-state index in [0.29, 0.717) is 0 Å². The Labute approximate surface area is 81.9 Å². The van der Waals surface area contributed by atoms with E-state index in [4.69, 9.17) is 0 Å². The van der Waals surface area contributed by atoms with Gasteiger partial charge in [0.1, 0.15) is 6.23 Å². The van der Waals surface area contributed by atoms with Gasteiger partial charge in [-0.05, 0) is 25.7 Å². The first-order valence-electron chi connectivity index (χ1n) is 5.76. The number of hydrogen-bond acceptors (Lipinski definition) is 2. The number of nitrogens with zero attached hydrogens (tertiary/aromatic N) is 1. The molecule has 2 nitrogen and oxygen atoms in total. The summed E-state index contributed by atoms with van der Waals surface area (Å²) in [5, 5.41) is 9.77. The van der Waals surface area contributed by atoms with Crippen LogP contribution in [0.5, 0.6) is 0 Å². The van der Waals surface area contributed by atoms with Crippen LogP contribution >= 0.6 is 0 Å². The highest BCUT2D eigenvalue weighted by molar-refractivity contribution is 4.68. The van der Waals surface area contributed by atoms with Crippen molar-refractivity contribution < 1.29 is 5.11 Å². The second-order valence-electron chi connectivity index (χ2n) is 4.07. The molecule has 0 bridgehead atoms. The van der Waals surface area contributed by atoms with E-state index in [2.05, 4.69) is 11.8 Å². The van der Waals surface area contributed by atoms with Crippen molar-refractivity contribution in [1.82, 2.24) is 4.90 Å². The SMILES string of the molecule is CCCCCCC(O)N1CCCC1. The molecule has 0 aromatic heterocycles. The van der Waals surface area contributed by atoms with E-state index >= 15 is 0 Å². The maximum Gasteiger partial charge on any atom is 0.107 e. The van der Waals surface area contributed by atoms with Gasteiger partial charge in [0.25, 0.3) is 0 Å². The Morgan fingerprint density at radius 3 is 2.46 bits per heavy atom. The van der Waals surface area contributed by atoms with E-state index in [0.717, 1.165) is 19.5 Å². The number of aliphatic hydroxyl groups excluding tert-OH is 1. The van der Waals surface area contributed by atoms with Gasteiger partial charge in [0, 0.05) is 13.1 Å². The maximum atomic E-state index is 9.77. The summed E-state index contributed by atoms with van der Waals surface area (Å²) in [7, 11) is 0. The van der Waals surface area contributed by atoms with E-state index in [1.54, 1.807) is 0 Å². The largest absolute Gasteiger partial charge is 0.378 e. The average Bonchev–Trinajstić information content (AvgIpc) is 2.65. The van der Waals surface area contributed by atoms with Crippen molar-refractivity contribution in [3.63, 3.8) is 0 Å². The average molecular weight is 185 g/mol. The van der Waals surface area contributed by atoms with Gasteiger partial charge in [-0.3, -0.25) is 4.90 Å². The highest BCUT2D eigenvalue weighted by Crippen LogP contribution is 2.14. The molecule has 0 saturated carbocycles. The molecule has 0 radical (unpaired) electrons. The van der Waals surface area contributed by atoms with Crippen molar-refractivity contribution in [3.05, 3.63) is 0 Å². The molecule has 0 amide bonds. The van der Waals surface area contributed by atoms with E-state index in [9.17, 15) is 5.11 Å². The van der Waals surface area contributed by atoms with Crippen LogP contribution in [0, 0.1) is 0 Å². The number of aliphatic hydroxyl groups is 1. The molecule has 13 heavy (non-hydrogen) atoms. The normalized spacial score (nSPS) is 20.8. The quantitative estimate of drug-likeness (QED) is 0.642. The molecule has 0 aliphatic carbocycles. The minimum atomic E-state index is -0.153. The molecular weight excluding hydrogens is 162 g/mol. The lowest BCUT2D eigenvalue weighted by Gasteiger charge is -2.21. The molecular formula is C11H23NO. The van der Waals surface area contributed by atoms with Crippen molar-refractivity contribution in [2.45, 2.75) is 58.1 Å². The summed E-state index contributed by atoms with van der Waals surface area (Å²) in [5.74, 6) is 0. The van der Waals surface area contributed by atoms with Crippen LogP contribution in [-0.4, -0.2) is 29.3 Å². The van der Waals surface area contributed by atoms with E-state index < -0.39 is 0 Å². The lowest BCUT2D eigenvalue weighted by Crippen LogP contribution is -2.32. The lowest BCUT2D eigenvalue weighted by atomic mass is 10.1. The van der Waals surface area contributed by atoms with Crippen LogP contribution in [0.15, 0.2) is 0 Å². The van der Waals surface area contributed by atoms with Crippen LogP contribution in [0.1, 0.15) is 51.9 Å².